The molecule has 0 rings (SSSR count). The van der Waals surface area contributed by atoms with Gasteiger partial charge >= 0.3 is 12.2 Å². The number of alkyl halides is 3. The summed E-state index contributed by atoms with van der Waals surface area (Å²) in [5, 5.41) is 2.34. The minimum Gasteiger partial charge on any atom is -0.338 e. The molecule has 0 saturated carbocycles. The third-order valence-corrected chi connectivity index (χ3v) is 1.48. The summed E-state index contributed by atoms with van der Waals surface area (Å²) in [6, 6.07) is -0.660. The Morgan fingerprint density at radius 3 is 2.29 bits per heavy atom. The highest BCUT2D eigenvalue weighted by atomic mass is 19.4. The number of carbonyl (C=O) groups excluding carboxylic acids is 1. The Bertz CT molecular complexity index is 182. The fraction of sp³-hybridized carbons (Fsp3) is 0.875. The Hall–Kier alpha value is -0.940. The lowest BCUT2D eigenvalue weighted by molar-refractivity contribution is -0.140. The van der Waals surface area contributed by atoms with Crippen LogP contribution < -0.4 is 5.32 Å². The molecule has 0 bridgehead atoms. The molecule has 0 aliphatic heterocycles. The van der Waals surface area contributed by atoms with Crippen LogP contribution in [0.3, 0.4) is 0 Å². The van der Waals surface area contributed by atoms with E-state index in [1.54, 1.807) is 13.8 Å². The van der Waals surface area contributed by atoms with Crippen molar-refractivity contribution < 1.29 is 18.0 Å². The second-order valence-electron chi connectivity index (χ2n) is 2.87. The first kappa shape index (κ1) is 13.1. The third-order valence-electron chi connectivity index (χ3n) is 1.48. The Morgan fingerprint density at radius 2 is 1.93 bits per heavy atom. The van der Waals surface area contributed by atoms with Crippen molar-refractivity contribution in [3.63, 3.8) is 0 Å². The first-order chi connectivity index (χ1) is 6.40. The van der Waals surface area contributed by atoms with Crippen LogP contribution in [0, 0.1) is 0 Å². The second-order valence-corrected chi connectivity index (χ2v) is 2.87. The van der Waals surface area contributed by atoms with Crippen LogP contribution in [0.15, 0.2) is 0 Å². The quantitative estimate of drug-likeness (QED) is 0.759. The molecule has 0 heterocycles. The highest BCUT2D eigenvalue weighted by Crippen LogP contribution is 2.16. The van der Waals surface area contributed by atoms with Crippen LogP contribution in [-0.2, 0) is 0 Å². The van der Waals surface area contributed by atoms with E-state index >= 15 is 0 Å². The maximum absolute atomic E-state index is 12.0. The van der Waals surface area contributed by atoms with Crippen molar-refractivity contribution in [3.05, 3.63) is 0 Å². The molecule has 2 amide bonds. The van der Waals surface area contributed by atoms with E-state index in [2.05, 4.69) is 5.32 Å². The molecule has 14 heavy (non-hydrogen) atoms. The minimum atomic E-state index is -4.33. The summed E-state index contributed by atoms with van der Waals surface area (Å²) in [5.74, 6) is 0. The van der Waals surface area contributed by atoms with Gasteiger partial charge in [0.2, 0.25) is 0 Å². The highest BCUT2D eigenvalue weighted by molar-refractivity contribution is 5.74. The lowest BCUT2D eigenvalue weighted by Gasteiger charge is -2.23. The van der Waals surface area contributed by atoms with Crippen molar-refractivity contribution in [2.75, 3.05) is 19.6 Å². The molecule has 0 aromatic carbocycles. The number of urea groups is 1. The van der Waals surface area contributed by atoms with Gasteiger partial charge in [0.25, 0.3) is 0 Å². The van der Waals surface area contributed by atoms with Crippen molar-refractivity contribution in [1.82, 2.24) is 10.2 Å². The molecular weight excluding hydrogens is 197 g/mol. The van der Waals surface area contributed by atoms with E-state index < -0.39 is 18.8 Å². The molecule has 0 aliphatic carbocycles. The summed E-state index contributed by atoms with van der Waals surface area (Å²) in [6.45, 7) is 2.65. The van der Waals surface area contributed by atoms with Crippen LogP contribution in [0.1, 0.15) is 20.3 Å². The van der Waals surface area contributed by atoms with Crippen LogP contribution in [-0.4, -0.2) is 36.7 Å². The molecule has 0 fully saturated rings. The average Bonchev–Trinajstić information content (AvgIpc) is 2.01. The van der Waals surface area contributed by atoms with Crippen LogP contribution in [0.5, 0.6) is 0 Å². The van der Waals surface area contributed by atoms with E-state index in [4.69, 9.17) is 0 Å². The number of amides is 2. The summed E-state index contributed by atoms with van der Waals surface area (Å²) in [6.07, 6.45) is -3.83. The monoisotopic (exact) mass is 212 g/mol. The van der Waals surface area contributed by atoms with Crippen molar-refractivity contribution in [1.29, 1.82) is 0 Å². The number of nitrogens with zero attached hydrogens (tertiary/aromatic N) is 1. The largest absolute Gasteiger partial charge is 0.406 e. The van der Waals surface area contributed by atoms with Gasteiger partial charge in [0.05, 0.1) is 0 Å². The molecule has 0 radical (unpaired) electrons. The van der Waals surface area contributed by atoms with E-state index in [-0.39, 0.29) is 6.54 Å². The van der Waals surface area contributed by atoms with Gasteiger partial charge in [0.1, 0.15) is 6.54 Å². The summed E-state index contributed by atoms with van der Waals surface area (Å²) >= 11 is 0. The molecule has 0 unspecified atom stereocenters. The van der Waals surface area contributed by atoms with Crippen molar-refractivity contribution in [3.8, 4) is 0 Å². The van der Waals surface area contributed by atoms with Crippen molar-refractivity contribution in [2.24, 2.45) is 0 Å². The number of hydrogen-bond acceptors (Lipinski definition) is 1. The Labute approximate surface area is 81.3 Å². The molecule has 84 valence electrons. The van der Waals surface area contributed by atoms with Crippen molar-refractivity contribution in [2.45, 2.75) is 26.4 Å². The fourth-order valence-electron chi connectivity index (χ4n) is 1.00. The molecular formula is C8H15F3N2O. The summed E-state index contributed by atoms with van der Waals surface area (Å²) in [4.78, 5) is 11.9. The maximum Gasteiger partial charge on any atom is 0.406 e. The molecule has 0 spiro atoms. The van der Waals surface area contributed by atoms with Gasteiger partial charge in [-0.05, 0) is 13.3 Å². The average molecular weight is 212 g/mol. The van der Waals surface area contributed by atoms with Gasteiger partial charge in [-0.2, -0.15) is 13.2 Å². The van der Waals surface area contributed by atoms with E-state index in [1.165, 1.54) is 0 Å². The molecule has 6 heteroatoms. The van der Waals surface area contributed by atoms with Gasteiger partial charge in [0.15, 0.2) is 0 Å². The molecule has 0 aliphatic rings. The standard InChI is InChI=1S/C8H15F3N2O/c1-3-5-13(6-8(9,10)11)7(14)12-4-2/h3-6H2,1-2H3,(H,12,14). The van der Waals surface area contributed by atoms with Gasteiger partial charge in [-0.15, -0.1) is 0 Å². The minimum absolute atomic E-state index is 0.116. The van der Waals surface area contributed by atoms with E-state index in [0.717, 1.165) is 4.90 Å². The first-order valence-corrected chi connectivity index (χ1v) is 4.50. The third kappa shape index (κ3) is 5.66. The molecule has 0 atom stereocenters. The molecule has 0 aromatic rings. The lowest BCUT2D eigenvalue weighted by atomic mass is 10.4. The van der Waals surface area contributed by atoms with Crippen LogP contribution in [0.4, 0.5) is 18.0 Å². The fourth-order valence-corrected chi connectivity index (χ4v) is 1.00. The predicted molar refractivity (Wildman–Crippen MR) is 47.0 cm³/mol. The van der Waals surface area contributed by atoms with Crippen LogP contribution in [0.25, 0.3) is 0 Å². The first-order valence-electron chi connectivity index (χ1n) is 4.50. The summed E-state index contributed by atoms with van der Waals surface area (Å²) in [7, 11) is 0. The van der Waals surface area contributed by atoms with E-state index in [0.29, 0.717) is 13.0 Å². The number of carbonyl (C=O) groups is 1. The van der Waals surface area contributed by atoms with Gasteiger partial charge in [0, 0.05) is 13.1 Å². The van der Waals surface area contributed by atoms with Crippen LogP contribution in [0.2, 0.25) is 0 Å². The second kappa shape index (κ2) is 5.72. The summed E-state index contributed by atoms with van der Waals surface area (Å²) in [5.41, 5.74) is 0. The van der Waals surface area contributed by atoms with Crippen molar-refractivity contribution >= 4 is 6.03 Å². The van der Waals surface area contributed by atoms with Gasteiger partial charge < -0.3 is 10.2 Å². The van der Waals surface area contributed by atoms with Gasteiger partial charge in [-0.1, -0.05) is 6.92 Å². The van der Waals surface area contributed by atoms with Gasteiger partial charge in [-0.25, -0.2) is 4.79 Å². The Balaban J connectivity index is 4.21. The number of nitrogens with one attached hydrogen (secondary N) is 1. The SMILES string of the molecule is CCCN(CC(F)(F)F)C(=O)NCC. The lowest BCUT2D eigenvalue weighted by Crippen LogP contribution is -2.45. The molecule has 3 nitrogen and oxygen atoms in total. The smallest absolute Gasteiger partial charge is 0.338 e. The highest BCUT2D eigenvalue weighted by Gasteiger charge is 2.32. The molecule has 0 aromatic heterocycles. The summed E-state index contributed by atoms with van der Waals surface area (Å²) < 4.78 is 36.0. The zero-order valence-corrected chi connectivity index (χ0v) is 8.32. The van der Waals surface area contributed by atoms with Gasteiger partial charge in [-0.3, -0.25) is 0 Å². The maximum atomic E-state index is 12.0. The zero-order chi connectivity index (χ0) is 11.2. The molecule has 1 N–H and O–H groups in total. The molecule has 0 saturated heterocycles. The van der Waals surface area contributed by atoms with E-state index in [1.807, 2.05) is 0 Å². The van der Waals surface area contributed by atoms with E-state index in [9.17, 15) is 18.0 Å². The number of rotatable bonds is 4. The topological polar surface area (TPSA) is 32.3 Å². The number of halogens is 3. The Morgan fingerprint density at radius 1 is 1.36 bits per heavy atom. The van der Waals surface area contributed by atoms with Crippen LogP contribution >= 0.6 is 0 Å². The predicted octanol–water partition coefficient (Wildman–Crippen LogP) is 1.99. The zero-order valence-electron chi connectivity index (χ0n) is 8.32. The number of hydrogen-bond donors (Lipinski definition) is 1. The Kier molecular flexibility index (Phi) is 5.34. The normalized spacial score (nSPS) is 11.2.